The molecule has 0 spiro atoms. The molecule has 0 radical (unpaired) electrons. The summed E-state index contributed by atoms with van der Waals surface area (Å²) in [5, 5.41) is 9.43. The molecule has 0 saturated carbocycles. The first-order valence-electron chi connectivity index (χ1n) is 10.3. The molecule has 0 atom stereocenters. The lowest BCUT2D eigenvalue weighted by atomic mass is 10.1. The molecule has 0 aliphatic rings. The molecule has 0 amide bonds. The second kappa shape index (κ2) is 10.1. The second-order valence-corrected chi connectivity index (χ2v) is 10.2. The first kappa shape index (κ1) is 24.4. The third-order valence-corrected chi connectivity index (χ3v) is 6.81. The maximum Gasteiger partial charge on any atom is 0.322 e. The van der Waals surface area contributed by atoms with Crippen LogP contribution in [0.5, 0.6) is 11.8 Å². The van der Waals surface area contributed by atoms with E-state index < -0.39 is 9.84 Å². The molecule has 0 bridgehead atoms. The lowest BCUT2D eigenvalue weighted by molar-refractivity contribution is 0.436. The molecule has 0 aliphatic carbocycles. The van der Waals surface area contributed by atoms with Gasteiger partial charge in [-0.15, -0.1) is 0 Å². The van der Waals surface area contributed by atoms with E-state index in [4.69, 9.17) is 16.3 Å². The van der Waals surface area contributed by atoms with Gasteiger partial charge in [0.25, 0.3) is 5.56 Å². The van der Waals surface area contributed by atoms with Gasteiger partial charge < -0.3 is 9.30 Å². The first-order valence-corrected chi connectivity index (χ1v) is 12.5. The summed E-state index contributed by atoms with van der Waals surface area (Å²) in [6.45, 7) is 3.70. The number of aromatic nitrogens is 3. The van der Waals surface area contributed by atoms with Crippen LogP contribution < -0.4 is 10.3 Å². The molecule has 0 unspecified atom stereocenters. The Morgan fingerprint density at radius 2 is 2.00 bits per heavy atom. The van der Waals surface area contributed by atoms with Crippen molar-refractivity contribution >= 4 is 21.4 Å². The van der Waals surface area contributed by atoms with Gasteiger partial charge in [0.15, 0.2) is 15.6 Å². The van der Waals surface area contributed by atoms with Gasteiger partial charge in [-0.3, -0.25) is 4.79 Å². The minimum atomic E-state index is -3.41. The van der Waals surface area contributed by atoms with Crippen LogP contribution in [0.1, 0.15) is 36.6 Å². The summed E-state index contributed by atoms with van der Waals surface area (Å²) in [6, 6.07) is 10.1. The Kier molecular flexibility index (Phi) is 7.51. The first-order chi connectivity index (χ1) is 15.6. The summed E-state index contributed by atoms with van der Waals surface area (Å²) in [4.78, 5) is 20.7. The molecule has 3 rings (SSSR count). The SMILES string of the molecule is CCCCS(=O)(=O)Cc1cc(-c2cc(Cl)c(=O)n(C)c2)nc(Oc2c(C)cccc2C#N)n1. The standard InChI is InChI=1S/C23H23ClN4O4S/c1-4-5-9-33(30,31)14-18-11-20(17-10-19(24)22(29)28(3)13-17)27-23(26-18)32-21-15(2)7-6-8-16(21)12-25/h6-8,10-11,13H,4-5,9,14H2,1-3H3. The number of halogens is 1. The van der Waals surface area contributed by atoms with Crippen LogP contribution in [0, 0.1) is 18.3 Å². The van der Waals surface area contributed by atoms with Crippen LogP contribution in [-0.4, -0.2) is 28.7 Å². The van der Waals surface area contributed by atoms with Crippen molar-refractivity contribution in [2.24, 2.45) is 7.05 Å². The van der Waals surface area contributed by atoms with Gasteiger partial charge in [0.1, 0.15) is 11.1 Å². The molecule has 1 aromatic carbocycles. The van der Waals surface area contributed by atoms with Gasteiger partial charge in [0.05, 0.1) is 28.5 Å². The van der Waals surface area contributed by atoms with E-state index in [9.17, 15) is 18.5 Å². The van der Waals surface area contributed by atoms with Crippen LogP contribution in [0.25, 0.3) is 11.3 Å². The molecular formula is C23H23ClN4O4S. The highest BCUT2D eigenvalue weighted by atomic mass is 35.5. The molecule has 33 heavy (non-hydrogen) atoms. The largest absolute Gasteiger partial charge is 0.423 e. The monoisotopic (exact) mass is 486 g/mol. The molecule has 2 heterocycles. The number of nitrogens with zero attached hydrogens (tertiary/aromatic N) is 4. The van der Waals surface area contributed by atoms with Crippen molar-refractivity contribution in [1.82, 2.24) is 14.5 Å². The van der Waals surface area contributed by atoms with Crippen molar-refractivity contribution in [2.45, 2.75) is 32.4 Å². The van der Waals surface area contributed by atoms with Gasteiger partial charge in [-0.2, -0.15) is 15.2 Å². The Labute approximate surface area is 197 Å². The van der Waals surface area contributed by atoms with Gasteiger partial charge in [0.2, 0.25) is 0 Å². The number of ether oxygens (including phenoxy) is 1. The Morgan fingerprint density at radius 3 is 2.67 bits per heavy atom. The lowest BCUT2D eigenvalue weighted by Crippen LogP contribution is -2.16. The number of rotatable bonds is 8. The number of unbranched alkanes of at least 4 members (excludes halogenated alkanes) is 1. The van der Waals surface area contributed by atoms with Crippen molar-refractivity contribution in [2.75, 3.05) is 5.75 Å². The molecule has 10 heteroatoms. The maximum absolute atomic E-state index is 12.6. The average Bonchev–Trinajstić information content (AvgIpc) is 2.76. The fraction of sp³-hybridized carbons (Fsp3) is 0.304. The number of benzene rings is 1. The van der Waals surface area contributed by atoms with Crippen LogP contribution in [0.15, 0.2) is 41.3 Å². The van der Waals surface area contributed by atoms with E-state index in [-0.39, 0.29) is 39.5 Å². The van der Waals surface area contributed by atoms with Gasteiger partial charge in [0, 0.05) is 18.8 Å². The highest BCUT2D eigenvalue weighted by Gasteiger charge is 2.18. The molecular weight excluding hydrogens is 464 g/mol. The quantitative estimate of drug-likeness (QED) is 0.469. The predicted octanol–water partition coefficient (Wildman–Crippen LogP) is 4.18. The zero-order valence-electron chi connectivity index (χ0n) is 18.5. The van der Waals surface area contributed by atoms with Crippen molar-refractivity contribution < 1.29 is 13.2 Å². The van der Waals surface area contributed by atoms with Gasteiger partial charge in [-0.05, 0) is 37.1 Å². The van der Waals surface area contributed by atoms with Crippen LogP contribution in [0.4, 0.5) is 0 Å². The van der Waals surface area contributed by atoms with E-state index in [1.165, 1.54) is 16.7 Å². The third kappa shape index (κ3) is 5.97. The fourth-order valence-corrected chi connectivity index (χ4v) is 4.90. The smallest absolute Gasteiger partial charge is 0.322 e. The summed E-state index contributed by atoms with van der Waals surface area (Å²) < 4.78 is 32.3. The minimum Gasteiger partial charge on any atom is -0.423 e. The van der Waals surface area contributed by atoms with Crippen LogP contribution in [0.3, 0.4) is 0 Å². The number of nitriles is 1. The number of sulfone groups is 1. The molecule has 2 aromatic heterocycles. The molecule has 0 aliphatic heterocycles. The second-order valence-electron chi connectivity index (χ2n) is 7.63. The summed E-state index contributed by atoms with van der Waals surface area (Å²) in [7, 11) is -1.85. The maximum atomic E-state index is 12.6. The molecule has 0 fully saturated rings. The summed E-state index contributed by atoms with van der Waals surface area (Å²) in [5.74, 6) is 0.0358. The Balaban J connectivity index is 2.13. The number of aryl methyl sites for hydroxylation is 2. The van der Waals surface area contributed by atoms with E-state index in [2.05, 4.69) is 16.0 Å². The number of hydrogen-bond acceptors (Lipinski definition) is 7. The normalized spacial score (nSPS) is 11.2. The Morgan fingerprint density at radius 1 is 1.24 bits per heavy atom. The Bertz CT molecular complexity index is 1370. The molecule has 8 nitrogen and oxygen atoms in total. The van der Waals surface area contributed by atoms with Crippen molar-refractivity contribution in [3.63, 3.8) is 0 Å². The lowest BCUT2D eigenvalue weighted by Gasteiger charge is -2.12. The summed E-state index contributed by atoms with van der Waals surface area (Å²) >= 11 is 6.06. The van der Waals surface area contributed by atoms with Gasteiger partial charge in [-0.25, -0.2) is 8.42 Å². The Hall–Kier alpha value is -3.22. The van der Waals surface area contributed by atoms with Crippen LogP contribution >= 0.6 is 11.6 Å². The molecule has 3 aromatic rings. The highest BCUT2D eigenvalue weighted by Crippen LogP contribution is 2.29. The molecule has 172 valence electrons. The average molecular weight is 487 g/mol. The summed E-state index contributed by atoms with van der Waals surface area (Å²) in [5.41, 5.74) is 1.70. The topological polar surface area (TPSA) is 115 Å². The van der Waals surface area contributed by atoms with E-state index in [1.807, 2.05) is 6.92 Å². The van der Waals surface area contributed by atoms with Crippen LogP contribution in [-0.2, 0) is 22.6 Å². The number of hydrogen-bond donors (Lipinski definition) is 0. The molecule has 0 N–H and O–H groups in total. The zero-order chi connectivity index (χ0) is 24.2. The van der Waals surface area contributed by atoms with Gasteiger partial charge in [-0.1, -0.05) is 37.1 Å². The predicted molar refractivity (Wildman–Crippen MR) is 126 cm³/mol. The fourth-order valence-electron chi connectivity index (χ4n) is 3.18. The van der Waals surface area contributed by atoms with Crippen molar-refractivity contribution in [1.29, 1.82) is 5.26 Å². The number of pyridine rings is 1. The van der Waals surface area contributed by atoms with Crippen LogP contribution in [0.2, 0.25) is 5.02 Å². The van der Waals surface area contributed by atoms with Crippen molar-refractivity contribution in [3.05, 3.63) is 68.7 Å². The van der Waals surface area contributed by atoms with E-state index in [1.54, 1.807) is 38.4 Å². The number of para-hydroxylation sites is 1. The van der Waals surface area contributed by atoms with E-state index in [0.29, 0.717) is 28.8 Å². The molecule has 0 saturated heterocycles. The third-order valence-electron chi connectivity index (χ3n) is 4.90. The van der Waals surface area contributed by atoms with E-state index in [0.717, 1.165) is 6.42 Å². The summed E-state index contributed by atoms with van der Waals surface area (Å²) in [6.07, 6.45) is 2.85. The minimum absolute atomic E-state index is 0.00105. The zero-order valence-corrected chi connectivity index (χ0v) is 20.1. The van der Waals surface area contributed by atoms with Crippen molar-refractivity contribution in [3.8, 4) is 29.1 Å². The van der Waals surface area contributed by atoms with Gasteiger partial charge >= 0.3 is 6.01 Å². The van der Waals surface area contributed by atoms with E-state index >= 15 is 0 Å². The highest BCUT2D eigenvalue weighted by molar-refractivity contribution is 7.90.